The lowest BCUT2D eigenvalue weighted by Crippen LogP contribution is -2.16. The van der Waals surface area contributed by atoms with Crippen LogP contribution < -0.4 is 16.2 Å². The summed E-state index contributed by atoms with van der Waals surface area (Å²) in [6.07, 6.45) is 1.47. The molecule has 6 nitrogen and oxygen atoms in total. The van der Waals surface area contributed by atoms with Crippen molar-refractivity contribution in [1.82, 2.24) is 9.97 Å². The van der Waals surface area contributed by atoms with Gasteiger partial charge in [0.1, 0.15) is 5.02 Å². The van der Waals surface area contributed by atoms with Gasteiger partial charge in [-0.05, 0) is 24.3 Å². The minimum atomic E-state index is 0.278. The highest BCUT2D eigenvalue weighted by molar-refractivity contribution is 6.33. The van der Waals surface area contributed by atoms with Gasteiger partial charge in [0.05, 0.1) is 17.8 Å². The standard InChI is InChI=1S/C12H11ClN6/c1-19(9-4-2-8(6-14)3-5-9)11-10(13)7-16-12(17-11)18-15/h2-5,7H,15H2,1H3,(H,16,17,18). The van der Waals surface area contributed by atoms with Crippen molar-refractivity contribution in [2.45, 2.75) is 0 Å². The largest absolute Gasteiger partial charge is 0.328 e. The first-order valence-corrected chi connectivity index (χ1v) is 5.76. The maximum atomic E-state index is 8.77. The Bertz CT molecular complexity index is 619. The van der Waals surface area contributed by atoms with E-state index in [0.29, 0.717) is 16.4 Å². The van der Waals surface area contributed by atoms with Gasteiger partial charge in [0.25, 0.3) is 0 Å². The van der Waals surface area contributed by atoms with Gasteiger partial charge in [0.2, 0.25) is 5.95 Å². The number of nitriles is 1. The summed E-state index contributed by atoms with van der Waals surface area (Å²) in [7, 11) is 1.82. The predicted molar refractivity (Wildman–Crippen MR) is 74.1 cm³/mol. The molecule has 0 spiro atoms. The minimum absolute atomic E-state index is 0.278. The van der Waals surface area contributed by atoms with Crippen molar-refractivity contribution in [2.24, 2.45) is 5.84 Å². The second-order valence-corrected chi connectivity index (χ2v) is 4.13. The molecule has 2 rings (SSSR count). The number of aromatic nitrogens is 2. The van der Waals surface area contributed by atoms with E-state index in [9.17, 15) is 0 Å². The zero-order chi connectivity index (χ0) is 13.8. The third kappa shape index (κ3) is 2.73. The smallest absolute Gasteiger partial charge is 0.239 e. The second kappa shape index (κ2) is 5.52. The molecule has 0 unspecified atom stereocenters. The zero-order valence-electron chi connectivity index (χ0n) is 10.1. The Morgan fingerprint density at radius 1 is 1.37 bits per heavy atom. The van der Waals surface area contributed by atoms with Crippen molar-refractivity contribution in [3.8, 4) is 6.07 Å². The summed E-state index contributed by atoms with van der Waals surface area (Å²) in [6, 6.07) is 9.14. The van der Waals surface area contributed by atoms with Crippen LogP contribution in [-0.4, -0.2) is 17.0 Å². The number of nitrogens with two attached hydrogens (primary N) is 1. The first-order valence-electron chi connectivity index (χ1n) is 5.38. The van der Waals surface area contributed by atoms with E-state index < -0.39 is 0 Å². The summed E-state index contributed by atoms with van der Waals surface area (Å²) in [5.41, 5.74) is 3.81. The molecular weight excluding hydrogens is 264 g/mol. The summed E-state index contributed by atoms with van der Waals surface area (Å²) < 4.78 is 0. The van der Waals surface area contributed by atoms with E-state index in [0.717, 1.165) is 5.69 Å². The van der Waals surface area contributed by atoms with E-state index in [1.165, 1.54) is 6.20 Å². The number of nitrogens with zero attached hydrogens (tertiary/aromatic N) is 4. The van der Waals surface area contributed by atoms with Gasteiger partial charge in [-0.15, -0.1) is 0 Å². The summed E-state index contributed by atoms with van der Waals surface area (Å²) >= 11 is 6.07. The number of hydrogen-bond acceptors (Lipinski definition) is 6. The predicted octanol–water partition coefficient (Wildman–Crippen LogP) is 2.06. The maximum absolute atomic E-state index is 8.77. The number of anilines is 3. The summed E-state index contributed by atoms with van der Waals surface area (Å²) in [5.74, 6) is 6.07. The molecular formula is C12H11ClN6. The van der Waals surface area contributed by atoms with Gasteiger partial charge < -0.3 is 4.90 Å². The normalized spacial score (nSPS) is 9.79. The molecule has 0 atom stereocenters. The molecule has 0 bridgehead atoms. The van der Waals surface area contributed by atoms with E-state index in [4.69, 9.17) is 22.7 Å². The molecule has 1 aromatic heterocycles. The van der Waals surface area contributed by atoms with Gasteiger partial charge in [-0.1, -0.05) is 11.6 Å². The third-order valence-electron chi connectivity index (χ3n) is 2.56. The summed E-state index contributed by atoms with van der Waals surface area (Å²) in [5, 5.41) is 9.18. The molecule has 1 heterocycles. The van der Waals surface area contributed by atoms with Crippen LogP contribution in [0.15, 0.2) is 30.5 Å². The van der Waals surface area contributed by atoms with Gasteiger partial charge in [0.15, 0.2) is 5.82 Å². The van der Waals surface area contributed by atoms with Crippen molar-refractivity contribution in [2.75, 3.05) is 17.4 Å². The van der Waals surface area contributed by atoms with Crippen molar-refractivity contribution in [3.05, 3.63) is 41.0 Å². The first kappa shape index (κ1) is 13.1. The SMILES string of the molecule is CN(c1ccc(C#N)cc1)c1nc(NN)ncc1Cl. The molecule has 3 N–H and O–H groups in total. The van der Waals surface area contributed by atoms with Gasteiger partial charge in [-0.25, -0.2) is 10.8 Å². The van der Waals surface area contributed by atoms with Crippen LogP contribution in [-0.2, 0) is 0 Å². The lowest BCUT2D eigenvalue weighted by atomic mass is 10.2. The molecule has 0 aliphatic heterocycles. The van der Waals surface area contributed by atoms with Crippen molar-refractivity contribution >= 4 is 29.1 Å². The number of hydrogen-bond donors (Lipinski definition) is 2. The van der Waals surface area contributed by atoms with E-state index in [1.54, 1.807) is 17.0 Å². The Labute approximate surface area is 115 Å². The minimum Gasteiger partial charge on any atom is -0.328 e. The lowest BCUT2D eigenvalue weighted by molar-refractivity contribution is 1.06. The molecule has 0 radical (unpaired) electrons. The van der Waals surface area contributed by atoms with Crippen LogP contribution in [0, 0.1) is 11.3 Å². The van der Waals surface area contributed by atoms with E-state index in [2.05, 4.69) is 21.5 Å². The third-order valence-corrected chi connectivity index (χ3v) is 2.82. The second-order valence-electron chi connectivity index (χ2n) is 3.73. The van der Waals surface area contributed by atoms with Crippen LogP contribution in [0.5, 0.6) is 0 Å². The van der Waals surface area contributed by atoms with Gasteiger partial charge in [0, 0.05) is 12.7 Å². The molecule has 96 valence electrons. The van der Waals surface area contributed by atoms with Crippen LogP contribution in [0.25, 0.3) is 0 Å². The molecule has 0 amide bonds. The van der Waals surface area contributed by atoms with E-state index in [-0.39, 0.29) is 5.95 Å². The number of hydrazine groups is 1. The number of nitrogen functional groups attached to an aromatic ring is 1. The van der Waals surface area contributed by atoms with Gasteiger partial charge in [-0.2, -0.15) is 10.2 Å². The molecule has 1 aromatic carbocycles. The highest BCUT2D eigenvalue weighted by atomic mass is 35.5. The fourth-order valence-electron chi connectivity index (χ4n) is 1.54. The van der Waals surface area contributed by atoms with E-state index >= 15 is 0 Å². The topological polar surface area (TPSA) is 90.9 Å². The summed E-state index contributed by atoms with van der Waals surface area (Å²) in [4.78, 5) is 9.89. The molecule has 2 aromatic rings. The van der Waals surface area contributed by atoms with E-state index in [1.807, 2.05) is 19.2 Å². The fourth-order valence-corrected chi connectivity index (χ4v) is 1.76. The monoisotopic (exact) mass is 274 g/mol. The first-order chi connectivity index (χ1) is 9.15. The molecule has 19 heavy (non-hydrogen) atoms. The van der Waals surface area contributed by atoms with Gasteiger partial charge >= 0.3 is 0 Å². The Kier molecular flexibility index (Phi) is 3.80. The maximum Gasteiger partial charge on any atom is 0.239 e. The molecule has 0 saturated carbocycles. The molecule has 0 fully saturated rings. The quantitative estimate of drug-likeness (QED) is 0.657. The van der Waals surface area contributed by atoms with Crippen molar-refractivity contribution < 1.29 is 0 Å². The van der Waals surface area contributed by atoms with Gasteiger partial charge in [-0.3, -0.25) is 5.43 Å². The number of benzene rings is 1. The zero-order valence-corrected chi connectivity index (χ0v) is 10.9. The average Bonchev–Trinajstić information content (AvgIpc) is 2.47. The lowest BCUT2D eigenvalue weighted by Gasteiger charge is -2.19. The number of halogens is 1. The Hall–Kier alpha value is -2.36. The van der Waals surface area contributed by atoms with Crippen LogP contribution in [0.4, 0.5) is 17.5 Å². The Morgan fingerprint density at radius 2 is 2.05 bits per heavy atom. The Balaban J connectivity index is 2.37. The Morgan fingerprint density at radius 3 is 2.63 bits per heavy atom. The van der Waals surface area contributed by atoms with Crippen molar-refractivity contribution in [1.29, 1.82) is 5.26 Å². The molecule has 7 heteroatoms. The highest BCUT2D eigenvalue weighted by Gasteiger charge is 2.11. The van der Waals surface area contributed by atoms with Crippen LogP contribution in [0.2, 0.25) is 5.02 Å². The number of rotatable bonds is 3. The molecule has 0 aliphatic rings. The van der Waals surface area contributed by atoms with Crippen LogP contribution in [0.1, 0.15) is 5.56 Å². The van der Waals surface area contributed by atoms with Crippen LogP contribution >= 0.6 is 11.6 Å². The summed E-state index contributed by atoms with van der Waals surface area (Å²) in [6.45, 7) is 0. The van der Waals surface area contributed by atoms with Crippen LogP contribution in [0.3, 0.4) is 0 Å². The fraction of sp³-hybridized carbons (Fsp3) is 0.0833. The molecule has 0 saturated heterocycles. The van der Waals surface area contributed by atoms with Crippen molar-refractivity contribution in [3.63, 3.8) is 0 Å². The molecule has 0 aliphatic carbocycles. The highest BCUT2D eigenvalue weighted by Crippen LogP contribution is 2.28. The average molecular weight is 275 g/mol. The number of nitrogens with one attached hydrogen (secondary N) is 1.